The first-order valence-electron chi connectivity index (χ1n) is 7.29. The molecule has 2 aliphatic rings. The molecule has 102 valence electrons. The smallest absolute Gasteiger partial charge is 0.0646 e. The van der Waals surface area contributed by atoms with Gasteiger partial charge < -0.3 is 0 Å². The number of rotatable bonds is 1. The molecule has 2 heteroatoms. The van der Waals surface area contributed by atoms with E-state index in [1.807, 2.05) is 0 Å². The molecule has 0 N–H and O–H groups in total. The van der Waals surface area contributed by atoms with Crippen LogP contribution in [0.15, 0.2) is 53.0 Å². The first-order valence-corrected chi connectivity index (χ1v) is 8.09. The van der Waals surface area contributed by atoms with Crippen molar-refractivity contribution in [3.63, 3.8) is 0 Å². The van der Waals surface area contributed by atoms with Crippen LogP contribution in [-0.2, 0) is 5.54 Å². The van der Waals surface area contributed by atoms with E-state index in [1.54, 1.807) is 0 Å². The Morgan fingerprint density at radius 3 is 2.90 bits per heavy atom. The second-order valence-corrected chi connectivity index (χ2v) is 6.99. The van der Waals surface area contributed by atoms with Crippen molar-refractivity contribution in [2.75, 3.05) is 7.05 Å². The molecule has 2 aromatic carbocycles. The highest BCUT2D eigenvalue weighted by molar-refractivity contribution is 9.10. The zero-order chi connectivity index (χ0) is 13.7. The van der Waals surface area contributed by atoms with Crippen molar-refractivity contribution in [2.24, 2.45) is 0 Å². The molecule has 2 bridgehead atoms. The highest BCUT2D eigenvalue weighted by Gasteiger charge is 2.45. The van der Waals surface area contributed by atoms with Crippen LogP contribution in [0.5, 0.6) is 0 Å². The van der Waals surface area contributed by atoms with Crippen molar-refractivity contribution in [2.45, 2.75) is 30.8 Å². The number of benzene rings is 2. The zero-order valence-corrected chi connectivity index (χ0v) is 13.2. The van der Waals surface area contributed by atoms with E-state index in [4.69, 9.17) is 0 Å². The molecule has 0 spiro atoms. The second-order valence-electron chi connectivity index (χ2n) is 6.07. The maximum Gasteiger partial charge on any atom is 0.0646 e. The van der Waals surface area contributed by atoms with Gasteiger partial charge in [0.05, 0.1) is 5.54 Å². The minimum atomic E-state index is 0.124. The van der Waals surface area contributed by atoms with Crippen molar-refractivity contribution < 1.29 is 0 Å². The summed E-state index contributed by atoms with van der Waals surface area (Å²) in [7, 11) is 2.28. The maximum atomic E-state index is 3.58. The van der Waals surface area contributed by atoms with Crippen LogP contribution in [0.1, 0.15) is 24.8 Å². The molecule has 0 saturated carbocycles. The second kappa shape index (κ2) is 4.44. The van der Waals surface area contributed by atoms with Gasteiger partial charge in [-0.2, -0.15) is 0 Å². The number of hydrogen-bond donors (Lipinski definition) is 0. The van der Waals surface area contributed by atoms with Crippen LogP contribution < -0.4 is 0 Å². The summed E-state index contributed by atoms with van der Waals surface area (Å²) in [6.45, 7) is 0. The summed E-state index contributed by atoms with van der Waals surface area (Å²) in [6, 6.07) is 14.2. The predicted molar refractivity (Wildman–Crippen MR) is 87.9 cm³/mol. The number of halogens is 1. The van der Waals surface area contributed by atoms with Crippen LogP contribution in [-0.4, -0.2) is 18.0 Å². The normalized spacial score (nSPS) is 29.2. The lowest BCUT2D eigenvalue weighted by Crippen LogP contribution is -2.42. The molecule has 0 amide bonds. The molecule has 4 rings (SSSR count). The molecular weight excluding hydrogens is 310 g/mol. The molecule has 2 aliphatic heterocycles. The predicted octanol–water partition coefficient (Wildman–Crippen LogP) is 4.85. The lowest BCUT2D eigenvalue weighted by molar-refractivity contribution is 0.168. The zero-order valence-electron chi connectivity index (χ0n) is 11.6. The Bertz CT molecular complexity index is 706. The summed E-state index contributed by atoms with van der Waals surface area (Å²) < 4.78 is 1.15. The van der Waals surface area contributed by atoms with Gasteiger partial charge in [-0.05, 0) is 60.8 Å². The van der Waals surface area contributed by atoms with Gasteiger partial charge in [0.25, 0.3) is 0 Å². The molecule has 20 heavy (non-hydrogen) atoms. The summed E-state index contributed by atoms with van der Waals surface area (Å²) in [4.78, 5) is 2.58. The molecule has 2 unspecified atom stereocenters. The highest BCUT2D eigenvalue weighted by Crippen LogP contribution is 2.46. The monoisotopic (exact) mass is 327 g/mol. The van der Waals surface area contributed by atoms with E-state index < -0.39 is 0 Å². The summed E-state index contributed by atoms with van der Waals surface area (Å²) in [5.41, 5.74) is 1.56. The van der Waals surface area contributed by atoms with E-state index >= 15 is 0 Å². The van der Waals surface area contributed by atoms with Gasteiger partial charge in [-0.1, -0.05) is 46.3 Å². The molecule has 2 atom stereocenters. The quantitative estimate of drug-likeness (QED) is 0.676. The molecule has 0 aromatic heterocycles. The fourth-order valence-corrected chi connectivity index (χ4v) is 4.29. The van der Waals surface area contributed by atoms with Gasteiger partial charge in [-0.3, -0.25) is 4.90 Å². The van der Waals surface area contributed by atoms with Crippen LogP contribution in [0, 0.1) is 0 Å². The summed E-state index contributed by atoms with van der Waals surface area (Å²) in [6.07, 6.45) is 8.56. The van der Waals surface area contributed by atoms with Crippen molar-refractivity contribution in [1.29, 1.82) is 0 Å². The van der Waals surface area contributed by atoms with Gasteiger partial charge >= 0.3 is 0 Å². The standard InChI is InChI=1S/C18H18BrN/c1-20-17-3-2-9-18(20,10-8-17)15-6-4-13-5-7-16(19)12-14(13)11-15/h2,4-7,9,11-12,17H,3,8,10H2,1H3. The van der Waals surface area contributed by atoms with Crippen molar-refractivity contribution in [1.82, 2.24) is 4.90 Å². The minimum absolute atomic E-state index is 0.124. The SMILES string of the molecule is CN1C2CC=CC1(c1ccc3ccc(Br)cc3c1)CC2. The molecule has 2 heterocycles. The minimum Gasteiger partial charge on any atom is -0.290 e. The first-order chi connectivity index (χ1) is 9.69. The summed E-state index contributed by atoms with van der Waals surface area (Å²) >= 11 is 3.58. The van der Waals surface area contributed by atoms with Crippen LogP contribution in [0.4, 0.5) is 0 Å². The Labute approximate surface area is 128 Å². The number of hydrogen-bond acceptors (Lipinski definition) is 1. The number of nitrogens with zero attached hydrogens (tertiary/aromatic N) is 1. The van der Waals surface area contributed by atoms with Gasteiger partial charge in [0.15, 0.2) is 0 Å². The Morgan fingerprint density at radius 1 is 1.15 bits per heavy atom. The van der Waals surface area contributed by atoms with E-state index in [0.717, 1.165) is 10.5 Å². The van der Waals surface area contributed by atoms with Gasteiger partial charge in [0, 0.05) is 10.5 Å². The fraction of sp³-hybridized carbons (Fsp3) is 0.333. The average molecular weight is 328 g/mol. The van der Waals surface area contributed by atoms with Gasteiger partial charge in [-0.25, -0.2) is 0 Å². The van der Waals surface area contributed by atoms with Gasteiger partial charge in [0.1, 0.15) is 0 Å². The van der Waals surface area contributed by atoms with E-state index in [0.29, 0.717) is 0 Å². The van der Waals surface area contributed by atoms with E-state index in [9.17, 15) is 0 Å². The largest absolute Gasteiger partial charge is 0.290 e. The van der Waals surface area contributed by atoms with Gasteiger partial charge in [-0.15, -0.1) is 0 Å². The maximum absolute atomic E-state index is 3.58. The molecular formula is C18H18BrN. The van der Waals surface area contributed by atoms with Crippen molar-refractivity contribution >= 4 is 26.7 Å². The topological polar surface area (TPSA) is 3.24 Å². The highest BCUT2D eigenvalue weighted by atomic mass is 79.9. The third kappa shape index (κ3) is 1.71. The molecule has 0 radical (unpaired) electrons. The third-order valence-corrected chi connectivity index (χ3v) is 5.63. The average Bonchev–Trinajstić information content (AvgIpc) is 2.65. The van der Waals surface area contributed by atoms with Crippen LogP contribution in [0.25, 0.3) is 10.8 Å². The van der Waals surface area contributed by atoms with Crippen molar-refractivity contribution in [3.8, 4) is 0 Å². The van der Waals surface area contributed by atoms with Crippen LogP contribution in [0.3, 0.4) is 0 Å². The summed E-state index contributed by atoms with van der Waals surface area (Å²) in [5, 5.41) is 2.63. The summed E-state index contributed by atoms with van der Waals surface area (Å²) in [5.74, 6) is 0. The number of fused-ring (bicyclic) bond motifs is 3. The molecule has 1 fully saturated rings. The lowest BCUT2D eigenvalue weighted by Gasteiger charge is -2.39. The first kappa shape index (κ1) is 12.6. The lowest BCUT2D eigenvalue weighted by atomic mass is 9.85. The van der Waals surface area contributed by atoms with Crippen LogP contribution in [0.2, 0.25) is 0 Å². The van der Waals surface area contributed by atoms with E-state index in [2.05, 4.69) is 76.4 Å². The molecule has 1 saturated heterocycles. The Hall–Kier alpha value is -1.12. The molecule has 0 aliphatic carbocycles. The van der Waals surface area contributed by atoms with E-state index in [-0.39, 0.29) is 5.54 Å². The number of likely N-dealkylation sites (N-methyl/N-ethyl adjacent to an activating group) is 1. The fourth-order valence-electron chi connectivity index (χ4n) is 3.91. The molecule has 2 aromatic rings. The third-order valence-electron chi connectivity index (χ3n) is 5.14. The van der Waals surface area contributed by atoms with E-state index in [1.165, 1.54) is 35.6 Å². The molecule has 1 nitrogen and oxygen atoms in total. The Balaban J connectivity index is 1.89. The van der Waals surface area contributed by atoms with Crippen molar-refractivity contribution in [3.05, 3.63) is 58.6 Å². The van der Waals surface area contributed by atoms with Gasteiger partial charge in [0.2, 0.25) is 0 Å². The Kier molecular flexibility index (Phi) is 2.80. The Morgan fingerprint density at radius 2 is 2.00 bits per heavy atom. The van der Waals surface area contributed by atoms with Crippen LogP contribution >= 0.6 is 15.9 Å².